The normalized spacial score (nSPS) is 11.6. The van der Waals surface area contributed by atoms with Crippen molar-refractivity contribution in [3.05, 3.63) is 66.2 Å². The number of hydrogen-bond donors (Lipinski definition) is 1. The predicted octanol–water partition coefficient (Wildman–Crippen LogP) is 2.85. The van der Waals surface area contributed by atoms with Gasteiger partial charge in [0.05, 0.1) is 12.3 Å². The minimum Gasteiger partial charge on any atom is -0.481 e. The average molecular weight is 270 g/mol. The monoisotopic (exact) mass is 270 g/mol. The molecule has 0 fully saturated rings. The van der Waals surface area contributed by atoms with E-state index in [1.807, 2.05) is 0 Å². The summed E-state index contributed by atoms with van der Waals surface area (Å²) in [5.41, 5.74) is 0.588. The van der Waals surface area contributed by atoms with Crippen LogP contribution in [0, 0.1) is 0 Å². The van der Waals surface area contributed by atoms with Crippen molar-refractivity contribution < 1.29 is 19.4 Å². The SMILES string of the molecule is O=C(CC(C(=O)O)c1ccccc1)Oc1ccccc1. The maximum atomic E-state index is 11.8. The number of carbonyl (C=O) groups is 2. The third kappa shape index (κ3) is 3.68. The molecule has 0 aliphatic carbocycles. The first kappa shape index (κ1) is 13.8. The number of hydrogen-bond acceptors (Lipinski definition) is 3. The molecule has 0 aliphatic rings. The molecule has 0 heterocycles. The van der Waals surface area contributed by atoms with Crippen LogP contribution in [0.25, 0.3) is 0 Å². The quantitative estimate of drug-likeness (QED) is 0.670. The lowest BCUT2D eigenvalue weighted by molar-refractivity contribution is -0.144. The molecule has 4 heteroatoms. The number of aliphatic carboxylic acids is 1. The van der Waals surface area contributed by atoms with Crippen LogP contribution in [0.3, 0.4) is 0 Å². The standard InChI is InChI=1S/C16H14O4/c17-15(20-13-9-5-2-6-10-13)11-14(16(18)19)12-7-3-1-4-8-12/h1-10,14H,11H2,(H,18,19). The third-order valence-electron chi connectivity index (χ3n) is 2.85. The highest BCUT2D eigenvalue weighted by Crippen LogP contribution is 2.21. The van der Waals surface area contributed by atoms with Crippen LogP contribution in [0.4, 0.5) is 0 Å². The maximum absolute atomic E-state index is 11.8. The van der Waals surface area contributed by atoms with Crippen molar-refractivity contribution in [1.82, 2.24) is 0 Å². The summed E-state index contributed by atoms with van der Waals surface area (Å²) in [6, 6.07) is 17.3. The molecule has 4 nitrogen and oxygen atoms in total. The van der Waals surface area contributed by atoms with Crippen LogP contribution >= 0.6 is 0 Å². The number of esters is 1. The summed E-state index contributed by atoms with van der Waals surface area (Å²) in [4.78, 5) is 23.1. The van der Waals surface area contributed by atoms with Gasteiger partial charge >= 0.3 is 11.9 Å². The maximum Gasteiger partial charge on any atom is 0.312 e. The van der Waals surface area contributed by atoms with Gasteiger partial charge in [0, 0.05) is 0 Å². The second kappa shape index (κ2) is 6.52. The number of para-hydroxylation sites is 1. The molecule has 0 amide bonds. The largest absolute Gasteiger partial charge is 0.481 e. The molecule has 1 atom stereocenters. The van der Waals surface area contributed by atoms with Crippen LogP contribution in [0.2, 0.25) is 0 Å². The zero-order valence-corrected chi connectivity index (χ0v) is 10.7. The van der Waals surface area contributed by atoms with Crippen LogP contribution in [-0.2, 0) is 9.59 Å². The van der Waals surface area contributed by atoms with E-state index >= 15 is 0 Å². The van der Waals surface area contributed by atoms with Gasteiger partial charge in [-0.15, -0.1) is 0 Å². The molecule has 0 radical (unpaired) electrons. The van der Waals surface area contributed by atoms with Crippen LogP contribution in [0.1, 0.15) is 17.9 Å². The van der Waals surface area contributed by atoms with Crippen LogP contribution in [-0.4, -0.2) is 17.0 Å². The zero-order valence-electron chi connectivity index (χ0n) is 10.7. The molecule has 2 aromatic carbocycles. The summed E-state index contributed by atoms with van der Waals surface area (Å²) in [7, 11) is 0. The lowest BCUT2D eigenvalue weighted by atomic mass is 9.96. The molecule has 102 valence electrons. The molecule has 0 spiro atoms. The van der Waals surface area contributed by atoms with Gasteiger partial charge in [0.25, 0.3) is 0 Å². The smallest absolute Gasteiger partial charge is 0.312 e. The van der Waals surface area contributed by atoms with Gasteiger partial charge in [0.2, 0.25) is 0 Å². The minimum absolute atomic E-state index is 0.200. The first-order valence-electron chi connectivity index (χ1n) is 6.20. The predicted molar refractivity (Wildman–Crippen MR) is 73.5 cm³/mol. The van der Waals surface area contributed by atoms with Gasteiger partial charge in [-0.05, 0) is 17.7 Å². The fraction of sp³-hybridized carbons (Fsp3) is 0.125. The number of carbonyl (C=O) groups excluding carboxylic acids is 1. The first-order chi connectivity index (χ1) is 9.66. The Hall–Kier alpha value is -2.62. The summed E-state index contributed by atoms with van der Waals surface area (Å²) in [5, 5.41) is 9.23. The van der Waals surface area contributed by atoms with E-state index in [1.54, 1.807) is 60.7 Å². The van der Waals surface area contributed by atoms with Gasteiger partial charge in [0.15, 0.2) is 0 Å². The molecule has 2 aromatic rings. The number of rotatable bonds is 5. The lowest BCUT2D eigenvalue weighted by Gasteiger charge is -2.12. The highest BCUT2D eigenvalue weighted by atomic mass is 16.5. The number of carboxylic acids is 1. The van der Waals surface area contributed by atoms with Crippen molar-refractivity contribution in [3.8, 4) is 5.75 Å². The van der Waals surface area contributed by atoms with E-state index in [0.717, 1.165) is 0 Å². The lowest BCUT2D eigenvalue weighted by Crippen LogP contribution is -2.19. The summed E-state index contributed by atoms with van der Waals surface area (Å²) < 4.78 is 5.11. The molecule has 1 N–H and O–H groups in total. The third-order valence-corrected chi connectivity index (χ3v) is 2.85. The van der Waals surface area contributed by atoms with Crippen molar-refractivity contribution in [1.29, 1.82) is 0 Å². The Labute approximate surface area is 116 Å². The molecule has 0 saturated heterocycles. The zero-order chi connectivity index (χ0) is 14.4. The van der Waals surface area contributed by atoms with Crippen molar-refractivity contribution in [3.63, 3.8) is 0 Å². The number of carboxylic acid groups (broad SMARTS) is 1. The Kier molecular flexibility index (Phi) is 4.50. The van der Waals surface area contributed by atoms with E-state index < -0.39 is 17.9 Å². The van der Waals surface area contributed by atoms with Gasteiger partial charge in [0.1, 0.15) is 5.75 Å². The van der Waals surface area contributed by atoms with Gasteiger partial charge in [-0.3, -0.25) is 9.59 Å². The van der Waals surface area contributed by atoms with Gasteiger partial charge in [-0.2, -0.15) is 0 Å². The fourth-order valence-electron chi connectivity index (χ4n) is 1.86. The molecule has 20 heavy (non-hydrogen) atoms. The van der Waals surface area contributed by atoms with E-state index in [2.05, 4.69) is 0 Å². The fourth-order valence-corrected chi connectivity index (χ4v) is 1.86. The summed E-state index contributed by atoms with van der Waals surface area (Å²) in [5.74, 6) is -2.09. The van der Waals surface area contributed by atoms with Crippen LogP contribution < -0.4 is 4.74 Å². The van der Waals surface area contributed by atoms with Crippen LogP contribution in [0.15, 0.2) is 60.7 Å². The molecule has 0 bridgehead atoms. The summed E-state index contributed by atoms with van der Waals surface area (Å²) in [6.07, 6.45) is -0.200. The molecule has 0 saturated carbocycles. The second-order valence-electron chi connectivity index (χ2n) is 4.29. The van der Waals surface area contributed by atoms with E-state index in [-0.39, 0.29) is 6.42 Å². The molecular weight excluding hydrogens is 256 g/mol. The van der Waals surface area contributed by atoms with E-state index in [9.17, 15) is 14.7 Å². The highest BCUT2D eigenvalue weighted by Gasteiger charge is 2.24. The molecular formula is C16H14O4. The average Bonchev–Trinajstić information content (AvgIpc) is 2.46. The highest BCUT2D eigenvalue weighted by molar-refractivity contribution is 5.84. The first-order valence-corrected chi connectivity index (χ1v) is 6.20. The Morgan fingerprint density at radius 3 is 2.05 bits per heavy atom. The van der Waals surface area contributed by atoms with E-state index in [0.29, 0.717) is 11.3 Å². The summed E-state index contributed by atoms with van der Waals surface area (Å²) >= 11 is 0. The summed E-state index contributed by atoms with van der Waals surface area (Å²) in [6.45, 7) is 0. The Morgan fingerprint density at radius 1 is 0.950 bits per heavy atom. The Bertz CT molecular complexity index is 578. The van der Waals surface area contributed by atoms with Gasteiger partial charge in [-0.25, -0.2) is 0 Å². The van der Waals surface area contributed by atoms with E-state index in [4.69, 9.17) is 4.74 Å². The minimum atomic E-state index is -1.04. The van der Waals surface area contributed by atoms with E-state index in [1.165, 1.54) is 0 Å². The number of benzene rings is 2. The topological polar surface area (TPSA) is 63.6 Å². The molecule has 1 unspecified atom stereocenters. The Balaban J connectivity index is 2.06. The molecule has 0 aliphatic heterocycles. The van der Waals surface area contributed by atoms with Gasteiger partial charge < -0.3 is 9.84 Å². The molecule has 2 rings (SSSR count). The number of ether oxygens (including phenoxy) is 1. The van der Waals surface area contributed by atoms with Crippen molar-refractivity contribution in [2.24, 2.45) is 0 Å². The van der Waals surface area contributed by atoms with Crippen molar-refractivity contribution >= 4 is 11.9 Å². The van der Waals surface area contributed by atoms with Crippen LogP contribution in [0.5, 0.6) is 5.75 Å². The van der Waals surface area contributed by atoms with Crippen molar-refractivity contribution in [2.75, 3.05) is 0 Å². The van der Waals surface area contributed by atoms with Crippen molar-refractivity contribution in [2.45, 2.75) is 12.3 Å². The Morgan fingerprint density at radius 2 is 1.50 bits per heavy atom. The van der Waals surface area contributed by atoms with Gasteiger partial charge in [-0.1, -0.05) is 48.5 Å². The molecule has 0 aromatic heterocycles. The second-order valence-corrected chi connectivity index (χ2v) is 4.29.